The summed E-state index contributed by atoms with van der Waals surface area (Å²) in [5, 5.41) is 0. The quantitative estimate of drug-likeness (QED) is 0.604. The molecule has 0 amide bonds. The molecule has 0 aliphatic carbocycles. The van der Waals surface area contributed by atoms with Crippen molar-refractivity contribution in [3.63, 3.8) is 0 Å². The molecule has 1 N–H and O–H groups in total. The zero-order valence-corrected chi connectivity index (χ0v) is 15.4. The Kier molecular flexibility index (Phi) is 5.36. The highest BCUT2D eigenvalue weighted by atomic mass is 32.2. The number of carbonyl (C=O) groups excluding carboxylic acids is 2. The first-order valence-corrected chi connectivity index (χ1v) is 9.82. The van der Waals surface area contributed by atoms with Crippen molar-refractivity contribution in [2.24, 2.45) is 4.99 Å². The van der Waals surface area contributed by atoms with Crippen LogP contribution in [0.1, 0.15) is 29.3 Å². The first-order valence-electron chi connectivity index (χ1n) is 8.34. The van der Waals surface area contributed by atoms with Crippen LogP contribution in [0.4, 0.5) is 0 Å². The van der Waals surface area contributed by atoms with Gasteiger partial charge in [-0.15, -0.1) is 0 Å². The largest absolute Gasteiger partial charge is 0.454 e. The molecular formula is C19H18N2O5S. The lowest BCUT2D eigenvalue weighted by Crippen LogP contribution is -2.25. The van der Waals surface area contributed by atoms with Gasteiger partial charge in [0, 0.05) is 11.1 Å². The fourth-order valence-electron chi connectivity index (χ4n) is 2.66. The van der Waals surface area contributed by atoms with Crippen molar-refractivity contribution < 1.29 is 22.7 Å². The molecule has 0 unspecified atom stereocenters. The summed E-state index contributed by atoms with van der Waals surface area (Å²) in [4.78, 5) is 28.5. The molecule has 0 saturated heterocycles. The van der Waals surface area contributed by atoms with Crippen molar-refractivity contribution >= 4 is 27.6 Å². The molecule has 3 rings (SSSR count). The second-order valence-corrected chi connectivity index (χ2v) is 7.60. The molecule has 0 saturated carbocycles. The third-order valence-corrected chi connectivity index (χ3v) is 5.38. The van der Waals surface area contributed by atoms with E-state index in [4.69, 9.17) is 4.74 Å². The smallest absolute Gasteiger partial charge is 0.308 e. The SMILES string of the molecule is C[C@H](OC(=O)CCN=C1NS(=O)(=O)c2ccccc21)C(=O)c1ccccc1. The highest BCUT2D eigenvalue weighted by molar-refractivity contribution is 7.90. The van der Waals surface area contributed by atoms with Gasteiger partial charge < -0.3 is 4.74 Å². The van der Waals surface area contributed by atoms with E-state index in [0.717, 1.165) is 0 Å². The maximum atomic E-state index is 12.2. The molecule has 0 aromatic heterocycles. The van der Waals surface area contributed by atoms with Gasteiger partial charge in [0.25, 0.3) is 10.0 Å². The summed E-state index contributed by atoms with van der Waals surface area (Å²) in [6, 6.07) is 15.0. The number of rotatable bonds is 6. The normalized spacial score (nSPS) is 17.0. The molecule has 140 valence electrons. The Morgan fingerprint density at radius 1 is 1.07 bits per heavy atom. The molecule has 2 aromatic rings. The summed E-state index contributed by atoms with van der Waals surface area (Å²) in [5.41, 5.74) is 0.938. The summed E-state index contributed by atoms with van der Waals surface area (Å²) in [6.45, 7) is 1.55. The van der Waals surface area contributed by atoms with Crippen LogP contribution in [0.2, 0.25) is 0 Å². The topological polar surface area (TPSA) is 102 Å². The molecule has 2 aromatic carbocycles. The summed E-state index contributed by atoms with van der Waals surface area (Å²) in [7, 11) is -3.61. The Balaban J connectivity index is 1.57. The lowest BCUT2D eigenvalue weighted by molar-refractivity contribution is -0.146. The average Bonchev–Trinajstić information content (AvgIpc) is 2.92. The number of amidine groups is 1. The first kappa shape index (κ1) is 18.8. The van der Waals surface area contributed by atoms with Crippen LogP contribution in [0.25, 0.3) is 0 Å². The third kappa shape index (κ3) is 4.22. The van der Waals surface area contributed by atoms with Gasteiger partial charge in [0.1, 0.15) is 5.84 Å². The van der Waals surface area contributed by atoms with Gasteiger partial charge in [-0.3, -0.25) is 19.3 Å². The number of Topliss-reactive ketones (excluding diaryl/α,β-unsaturated/α-hetero) is 1. The summed E-state index contributed by atoms with van der Waals surface area (Å²) in [6.07, 6.45) is -0.974. The van der Waals surface area contributed by atoms with Gasteiger partial charge in [-0.05, 0) is 19.1 Å². The summed E-state index contributed by atoms with van der Waals surface area (Å²) < 4.78 is 31.5. The molecule has 0 radical (unpaired) electrons. The number of aliphatic imine (C=N–C) groups is 1. The predicted octanol–water partition coefficient (Wildman–Crippen LogP) is 1.93. The zero-order chi connectivity index (χ0) is 19.4. The van der Waals surface area contributed by atoms with Crippen LogP contribution in [-0.4, -0.2) is 38.7 Å². The third-order valence-electron chi connectivity index (χ3n) is 3.98. The lowest BCUT2D eigenvalue weighted by Gasteiger charge is -2.11. The Labute approximate surface area is 157 Å². The van der Waals surface area contributed by atoms with Gasteiger partial charge in [0.15, 0.2) is 6.10 Å². The van der Waals surface area contributed by atoms with Crippen LogP contribution >= 0.6 is 0 Å². The minimum absolute atomic E-state index is 0.0390. The molecule has 27 heavy (non-hydrogen) atoms. The number of ketones is 1. The van der Waals surface area contributed by atoms with Crippen molar-refractivity contribution in [3.8, 4) is 0 Å². The molecule has 1 aliphatic heterocycles. The Morgan fingerprint density at radius 3 is 2.48 bits per heavy atom. The lowest BCUT2D eigenvalue weighted by atomic mass is 10.1. The van der Waals surface area contributed by atoms with E-state index in [1.54, 1.807) is 48.5 Å². The Morgan fingerprint density at radius 2 is 1.74 bits per heavy atom. The second-order valence-electron chi connectivity index (χ2n) is 5.94. The van der Waals surface area contributed by atoms with Crippen molar-refractivity contribution in [3.05, 3.63) is 65.7 Å². The second kappa shape index (κ2) is 7.71. The van der Waals surface area contributed by atoms with Crippen LogP contribution < -0.4 is 4.72 Å². The molecule has 1 aliphatic rings. The van der Waals surface area contributed by atoms with Crippen molar-refractivity contribution in [1.82, 2.24) is 4.72 Å². The average molecular weight is 386 g/mol. The van der Waals surface area contributed by atoms with E-state index >= 15 is 0 Å². The van der Waals surface area contributed by atoms with Gasteiger partial charge >= 0.3 is 5.97 Å². The van der Waals surface area contributed by atoms with E-state index in [1.165, 1.54) is 13.0 Å². The van der Waals surface area contributed by atoms with E-state index in [-0.39, 0.29) is 29.5 Å². The van der Waals surface area contributed by atoms with E-state index in [2.05, 4.69) is 9.71 Å². The maximum absolute atomic E-state index is 12.2. The summed E-state index contributed by atoms with van der Waals surface area (Å²) in [5.74, 6) is -0.662. The van der Waals surface area contributed by atoms with Crippen molar-refractivity contribution in [2.45, 2.75) is 24.3 Å². The van der Waals surface area contributed by atoms with Gasteiger partial charge in [-0.25, -0.2) is 8.42 Å². The van der Waals surface area contributed by atoms with Gasteiger partial charge in [-0.1, -0.05) is 42.5 Å². The fourth-order valence-corrected chi connectivity index (χ4v) is 3.91. The first-order chi connectivity index (χ1) is 12.9. The van der Waals surface area contributed by atoms with Crippen LogP contribution in [-0.2, 0) is 19.6 Å². The van der Waals surface area contributed by atoms with Crippen LogP contribution in [0.5, 0.6) is 0 Å². The highest BCUT2D eigenvalue weighted by Crippen LogP contribution is 2.22. The number of esters is 1. The minimum Gasteiger partial charge on any atom is -0.454 e. The van der Waals surface area contributed by atoms with E-state index in [9.17, 15) is 18.0 Å². The number of carbonyl (C=O) groups is 2. The predicted molar refractivity (Wildman–Crippen MR) is 99.1 cm³/mol. The number of hydrogen-bond donors (Lipinski definition) is 1. The number of nitrogens with zero attached hydrogens (tertiary/aromatic N) is 1. The number of sulfonamides is 1. The van der Waals surface area contributed by atoms with Gasteiger partial charge in [-0.2, -0.15) is 0 Å². The molecule has 1 atom stereocenters. The fraction of sp³-hybridized carbons (Fsp3) is 0.211. The monoisotopic (exact) mass is 386 g/mol. The van der Waals surface area contributed by atoms with Crippen molar-refractivity contribution in [2.75, 3.05) is 6.54 Å². The Hall–Kier alpha value is -3.00. The van der Waals surface area contributed by atoms with Crippen LogP contribution in [0, 0.1) is 0 Å². The molecule has 1 heterocycles. The molecular weight excluding hydrogens is 368 g/mol. The molecule has 0 fully saturated rings. The van der Waals surface area contributed by atoms with E-state index in [0.29, 0.717) is 11.1 Å². The number of hydrogen-bond acceptors (Lipinski definition) is 6. The highest BCUT2D eigenvalue weighted by Gasteiger charge is 2.30. The van der Waals surface area contributed by atoms with E-state index in [1.807, 2.05) is 0 Å². The number of nitrogens with one attached hydrogen (secondary N) is 1. The van der Waals surface area contributed by atoms with Crippen LogP contribution in [0.15, 0.2) is 64.5 Å². The number of fused-ring (bicyclic) bond motifs is 1. The summed E-state index contributed by atoms with van der Waals surface area (Å²) >= 11 is 0. The van der Waals surface area contributed by atoms with Gasteiger partial charge in [0.2, 0.25) is 5.78 Å². The zero-order valence-electron chi connectivity index (χ0n) is 14.6. The van der Waals surface area contributed by atoms with Crippen LogP contribution in [0.3, 0.4) is 0 Å². The standard InChI is InChI=1S/C19H18N2O5S/c1-13(18(23)14-7-3-2-4-8-14)26-17(22)11-12-20-19-15-9-5-6-10-16(15)27(24,25)21-19/h2-10,13H,11-12H2,1H3,(H,20,21)/t13-/m0/s1. The number of ether oxygens (including phenoxy) is 1. The minimum atomic E-state index is -3.61. The van der Waals surface area contributed by atoms with E-state index < -0.39 is 22.1 Å². The van der Waals surface area contributed by atoms with Crippen molar-refractivity contribution in [1.29, 1.82) is 0 Å². The number of benzene rings is 2. The maximum Gasteiger partial charge on any atom is 0.308 e. The molecule has 0 spiro atoms. The Bertz CT molecular complexity index is 1000. The van der Waals surface area contributed by atoms with Gasteiger partial charge in [0.05, 0.1) is 17.9 Å². The molecule has 0 bridgehead atoms. The molecule has 7 nitrogen and oxygen atoms in total. The molecule has 8 heteroatoms.